The molecule has 1 saturated carbocycles. The minimum absolute atomic E-state index is 0.00515. The Morgan fingerprint density at radius 2 is 1.80 bits per heavy atom. The summed E-state index contributed by atoms with van der Waals surface area (Å²) in [6, 6.07) is 0.680. The van der Waals surface area contributed by atoms with E-state index in [2.05, 4.69) is 5.32 Å². The third-order valence-corrected chi connectivity index (χ3v) is 5.61. The first-order valence-corrected chi connectivity index (χ1v) is 9.11. The van der Waals surface area contributed by atoms with Crippen LogP contribution in [0.3, 0.4) is 0 Å². The van der Waals surface area contributed by atoms with Crippen molar-refractivity contribution in [3.8, 4) is 0 Å². The van der Waals surface area contributed by atoms with E-state index in [-0.39, 0.29) is 6.04 Å². The van der Waals surface area contributed by atoms with Crippen molar-refractivity contribution in [3.63, 3.8) is 0 Å². The third-order valence-electron chi connectivity index (χ3n) is 3.47. The third kappa shape index (κ3) is 5.68. The Morgan fingerprint density at radius 3 is 2.25 bits per heavy atom. The smallest absolute Gasteiger partial charge is 0.281 e. The van der Waals surface area contributed by atoms with Crippen LogP contribution >= 0.6 is 0 Å². The van der Waals surface area contributed by atoms with Crippen LogP contribution in [0.25, 0.3) is 0 Å². The Balaban J connectivity index is 2.48. The fraction of sp³-hybridized carbons (Fsp3) is 1.00. The number of nitrogens with one attached hydrogen (secondary N) is 1. The molecule has 0 aromatic rings. The topological polar surface area (TPSA) is 52.7 Å². The monoisotopic (exact) mass is 305 g/mol. The van der Waals surface area contributed by atoms with Crippen LogP contribution in [0, 0.1) is 5.92 Å². The molecule has 0 bridgehead atoms. The van der Waals surface area contributed by atoms with Gasteiger partial charge in [0.1, 0.15) is 0 Å². The summed E-state index contributed by atoms with van der Waals surface area (Å²) >= 11 is 0. The quantitative estimate of drug-likeness (QED) is 0.625. The second-order valence-electron chi connectivity index (χ2n) is 6.47. The second-order valence-corrected chi connectivity index (χ2v) is 8.46. The van der Waals surface area contributed by atoms with E-state index in [1.54, 1.807) is 11.4 Å². The van der Waals surface area contributed by atoms with Crippen molar-refractivity contribution in [3.05, 3.63) is 0 Å². The zero-order chi connectivity index (χ0) is 15.3. The predicted molar refractivity (Wildman–Crippen MR) is 83.9 cm³/mol. The van der Waals surface area contributed by atoms with Crippen molar-refractivity contribution >= 4 is 10.2 Å². The summed E-state index contributed by atoms with van der Waals surface area (Å²) in [5.41, 5.74) is 0. The molecule has 120 valence electrons. The van der Waals surface area contributed by atoms with Crippen molar-refractivity contribution < 1.29 is 8.42 Å². The van der Waals surface area contributed by atoms with Crippen LogP contribution in [-0.2, 0) is 10.2 Å². The van der Waals surface area contributed by atoms with Crippen molar-refractivity contribution in [1.29, 1.82) is 0 Å². The molecular formula is C14H31N3O2S. The summed E-state index contributed by atoms with van der Waals surface area (Å²) < 4.78 is 28.3. The lowest BCUT2D eigenvalue weighted by Crippen LogP contribution is -2.47. The van der Waals surface area contributed by atoms with Crippen LogP contribution in [0.1, 0.15) is 47.0 Å². The highest BCUT2D eigenvalue weighted by Gasteiger charge is 2.29. The summed E-state index contributed by atoms with van der Waals surface area (Å²) in [7, 11) is -1.66. The molecule has 0 unspecified atom stereocenters. The van der Waals surface area contributed by atoms with Gasteiger partial charge in [0.2, 0.25) is 0 Å². The van der Waals surface area contributed by atoms with Crippen LogP contribution in [0.5, 0.6) is 0 Å². The number of nitrogens with zero attached hydrogens (tertiary/aromatic N) is 2. The fourth-order valence-electron chi connectivity index (χ4n) is 2.12. The Bertz CT molecular complexity index is 378. The number of rotatable bonds is 10. The Labute approximate surface area is 124 Å². The van der Waals surface area contributed by atoms with Gasteiger partial charge in [0.25, 0.3) is 10.2 Å². The highest BCUT2D eigenvalue weighted by molar-refractivity contribution is 7.86. The van der Waals surface area contributed by atoms with E-state index in [1.807, 2.05) is 27.7 Å². The maximum absolute atomic E-state index is 12.6. The molecule has 0 amide bonds. The van der Waals surface area contributed by atoms with Crippen LogP contribution in [-0.4, -0.2) is 55.8 Å². The average Bonchev–Trinajstić information content (AvgIpc) is 3.14. The summed E-state index contributed by atoms with van der Waals surface area (Å²) in [6.07, 6.45) is 3.40. The lowest BCUT2D eigenvalue weighted by atomic mass is 10.2. The molecule has 0 heterocycles. The van der Waals surface area contributed by atoms with Crippen molar-refractivity contribution in [2.24, 2.45) is 5.92 Å². The van der Waals surface area contributed by atoms with E-state index >= 15 is 0 Å². The van der Waals surface area contributed by atoms with Gasteiger partial charge in [0, 0.05) is 32.2 Å². The molecule has 0 aliphatic heterocycles. The van der Waals surface area contributed by atoms with Gasteiger partial charge >= 0.3 is 0 Å². The second kappa shape index (κ2) is 7.73. The molecule has 1 aliphatic carbocycles. The standard InChI is InChI=1S/C14H31N3O2S/c1-12(2)11-17(13(3)4)20(18,19)16(5)10-6-9-15-14-7-8-14/h12-15H,6-11H2,1-5H3. The molecule has 0 spiro atoms. The van der Waals surface area contributed by atoms with Gasteiger partial charge in [-0.15, -0.1) is 0 Å². The number of hydrogen-bond donors (Lipinski definition) is 1. The molecule has 1 fully saturated rings. The Kier molecular flexibility index (Phi) is 6.91. The summed E-state index contributed by atoms with van der Waals surface area (Å²) in [5.74, 6) is 0.331. The van der Waals surface area contributed by atoms with Crippen LogP contribution in [0.15, 0.2) is 0 Å². The van der Waals surface area contributed by atoms with Crippen LogP contribution in [0.4, 0.5) is 0 Å². The molecule has 0 aromatic heterocycles. The van der Waals surface area contributed by atoms with E-state index < -0.39 is 10.2 Å². The SMILES string of the molecule is CC(C)CN(C(C)C)S(=O)(=O)N(C)CCCNC1CC1. The summed E-state index contributed by atoms with van der Waals surface area (Å²) in [5, 5.41) is 3.41. The first-order chi connectivity index (χ1) is 9.25. The van der Waals surface area contributed by atoms with Crippen LogP contribution in [0.2, 0.25) is 0 Å². The maximum atomic E-state index is 12.6. The van der Waals surface area contributed by atoms with Gasteiger partial charge in [-0.05, 0) is 45.6 Å². The van der Waals surface area contributed by atoms with Crippen molar-refractivity contribution in [2.75, 3.05) is 26.7 Å². The first-order valence-electron chi connectivity index (χ1n) is 7.71. The van der Waals surface area contributed by atoms with E-state index in [0.29, 0.717) is 25.0 Å². The minimum atomic E-state index is -3.34. The van der Waals surface area contributed by atoms with Crippen LogP contribution < -0.4 is 5.32 Å². The summed E-state index contributed by atoms with van der Waals surface area (Å²) in [6.45, 7) is 10.0. The molecule has 0 saturated heterocycles. The zero-order valence-corrected chi connectivity index (χ0v) is 14.4. The first kappa shape index (κ1) is 17.9. The van der Waals surface area contributed by atoms with E-state index in [1.165, 1.54) is 17.1 Å². The van der Waals surface area contributed by atoms with E-state index in [0.717, 1.165) is 13.0 Å². The molecule has 5 nitrogen and oxygen atoms in total. The minimum Gasteiger partial charge on any atom is -0.314 e. The molecule has 0 atom stereocenters. The molecule has 0 radical (unpaired) electrons. The van der Waals surface area contributed by atoms with Gasteiger partial charge in [-0.3, -0.25) is 0 Å². The molecule has 6 heteroatoms. The molecule has 1 aliphatic rings. The van der Waals surface area contributed by atoms with E-state index in [9.17, 15) is 8.42 Å². The Hall–Kier alpha value is -0.170. The highest BCUT2D eigenvalue weighted by atomic mass is 32.2. The average molecular weight is 305 g/mol. The van der Waals surface area contributed by atoms with Gasteiger partial charge < -0.3 is 5.32 Å². The van der Waals surface area contributed by atoms with Crippen molar-refractivity contribution in [1.82, 2.24) is 13.9 Å². The Morgan fingerprint density at radius 1 is 1.20 bits per heavy atom. The summed E-state index contributed by atoms with van der Waals surface area (Å²) in [4.78, 5) is 0. The lowest BCUT2D eigenvalue weighted by Gasteiger charge is -2.31. The zero-order valence-electron chi connectivity index (χ0n) is 13.6. The molecule has 1 rings (SSSR count). The number of hydrogen-bond acceptors (Lipinski definition) is 3. The van der Waals surface area contributed by atoms with Crippen molar-refractivity contribution in [2.45, 2.75) is 59.0 Å². The predicted octanol–water partition coefficient (Wildman–Crippen LogP) is 1.67. The lowest BCUT2D eigenvalue weighted by molar-refractivity contribution is 0.291. The maximum Gasteiger partial charge on any atom is 0.281 e. The molecular weight excluding hydrogens is 274 g/mol. The largest absolute Gasteiger partial charge is 0.314 e. The molecule has 1 N–H and O–H groups in total. The fourth-order valence-corrected chi connectivity index (χ4v) is 3.86. The van der Waals surface area contributed by atoms with Gasteiger partial charge in [0.05, 0.1) is 0 Å². The molecule has 0 aromatic carbocycles. The normalized spacial score (nSPS) is 16.9. The van der Waals surface area contributed by atoms with Gasteiger partial charge in [0.15, 0.2) is 0 Å². The molecule has 20 heavy (non-hydrogen) atoms. The highest BCUT2D eigenvalue weighted by Crippen LogP contribution is 2.18. The van der Waals surface area contributed by atoms with Gasteiger partial charge in [-0.2, -0.15) is 17.0 Å². The van der Waals surface area contributed by atoms with Gasteiger partial charge in [-0.1, -0.05) is 13.8 Å². The van der Waals surface area contributed by atoms with E-state index in [4.69, 9.17) is 0 Å². The van der Waals surface area contributed by atoms with Gasteiger partial charge in [-0.25, -0.2) is 0 Å².